The van der Waals surface area contributed by atoms with Crippen LogP contribution in [-0.2, 0) is 22.6 Å². The molecule has 0 spiro atoms. The average molecular weight is 326 g/mol. The second kappa shape index (κ2) is 8.87. The van der Waals surface area contributed by atoms with Gasteiger partial charge in [-0.25, -0.2) is 0 Å². The van der Waals surface area contributed by atoms with Gasteiger partial charge in [0, 0.05) is 0 Å². The Labute approximate surface area is 142 Å². The van der Waals surface area contributed by atoms with Gasteiger partial charge in [0.05, 0.1) is 0 Å². The van der Waals surface area contributed by atoms with Gasteiger partial charge in [0.1, 0.15) is 24.1 Å². The van der Waals surface area contributed by atoms with Crippen molar-refractivity contribution in [2.75, 3.05) is 0 Å². The maximum absolute atomic E-state index is 11.3. The SMILES string of the molecule is CC(=O)C(CCCc1ccc(OCc2ccccc2)cc1)C(=O)O. The first kappa shape index (κ1) is 17.7. The molecule has 0 heterocycles. The fourth-order valence-corrected chi connectivity index (χ4v) is 2.50. The van der Waals surface area contributed by atoms with Crippen molar-refractivity contribution >= 4 is 11.8 Å². The van der Waals surface area contributed by atoms with Crippen LogP contribution in [0.1, 0.15) is 30.9 Å². The number of Topliss-reactive ketones (excluding diaryl/α,β-unsaturated/α-hetero) is 1. The maximum atomic E-state index is 11.3. The van der Waals surface area contributed by atoms with Crippen molar-refractivity contribution in [3.05, 3.63) is 65.7 Å². The van der Waals surface area contributed by atoms with E-state index in [9.17, 15) is 9.59 Å². The van der Waals surface area contributed by atoms with E-state index in [4.69, 9.17) is 9.84 Å². The standard InChI is InChI=1S/C20H22O4/c1-15(21)19(20(22)23)9-5-8-16-10-12-18(13-11-16)24-14-17-6-3-2-4-7-17/h2-4,6-7,10-13,19H,5,8-9,14H2,1H3,(H,22,23). The minimum absolute atomic E-state index is 0.285. The van der Waals surface area contributed by atoms with Crippen LogP contribution in [0.5, 0.6) is 5.75 Å². The molecule has 0 aliphatic carbocycles. The minimum Gasteiger partial charge on any atom is -0.489 e. The summed E-state index contributed by atoms with van der Waals surface area (Å²) in [5.41, 5.74) is 2.22. The summed E-state index contributed by atoms with van der Waals surface area (Å²) < 4.78 is 5.73. The molecular formula is C20H22O4. The summed E-state index contributed by atoms with van der Waals surface area (Å²) in [6.45, 7) is 1.86. The molecule has 0 radical (unpaired) electrons. The van der Waals surface area contributed by atoms with Gasteiger partial charge in [0.15, 0.2) is 0 Å². The van der Waals surface area contributed by atoms with Crippen LogP contribution in [0.4, 0.5) is 0 Å². The number of aryl methyl sites for hydroxylation is 1. The first-order valence-electron chi connectivity index (χ1n) is 8.05. The van der Waals surface area contributed by atoms with Crippen molar-refractivity contribution < 1.29 is 19.4 Å². The number of hydrogen-bond donors (Lipinski definition) is 1. The molecule has 0 saturated carbocycles. The van der Waals surface area contributed by atoms with Crippen molar-refractivity contribution in [2.24, 2.45) is 5.92 Å². The lowest BCUT2D eigenvalue weighted by Crippen LogP contribution is -2.21. The number of hydrogen-bond acceptors (Lipinski definition) is 3. The third-order valence-corrected chi connectivity index (χ3v) is 3.92. The van der Waals surface area contributed by atoms with E-state index in [0.29, 0.717) is 19.4 Å². The van der Waals surface area contributed by atoms with Gasteiger partial charge in [-0.15, -0.1) is 0 Å². The molecule has 126 valence electrons. The molecule has 0 fully saturated rings. The molecule has 4 heteroatoms. The summed E-state index contributed by atoms with van der Waals surface area (Å²) >= 11 is 0. The van der Waals surface area contributed by atoms with Gasteiger partial charge >= 0.3 is 5.97 Å². The Morgan fingerprint density at radius 1 is 1.00 bits per heavy atom. The van der Waals surface area contributed by atoms with E-state index in [1.54, 1.807) is 0 Å². The van der Waals surface area contributed by atoms with E-state index in [1.807, 2.05) is 54.6 Å². The molecule has 1 N–H and O–H groups in total. The van der Waals surface area contributed by atoms with Crippen molar-refractivity contribution in [3.8, 4) is 5.75 Å². The third kappa shape index (κ3) is 5.54. The first-order chi connectivity index (χ1) is 11.6. The number of carboxylic acid groups (broad SMARTS) is 1. The summed E-state index contributed by atoms with van der Waals surface area (Å²) in [5.74, 6) is -1.41. The number of carbonyl (C=O) groups is 2. The lowest BCUT2D eigenvalue weighted by Gasteiger charge is -2.09. The lowest BCUT2D eigenvalue weighted by molar-refractivity contribution is -0.146. The van der Waals surface area contributed by atoms with E-state index in [-0.39, 0.29) is 5.78 Å². The van der Waals surface area contributed by atoms with Gasteiger partial charge in [-0.3, -0.25) is 9.59 Å². The van der Waals surface area contributed by atoms with E-state index in [2.05, 4.69) is 0 Å². The van der Waals surface area contributed by atoms with E-state index < -0.39 is 11.9 Å². The number of carboxylic acids is 1. The number of carbonyl (C=O) groups excluding carboxylic acids is 1. The number of rotatable bonds is 9. The van der Waals surface area contributed by atoms with Crippen LogP contribution in [0.25, 0.3) is 0 Å². The molecular weight excluding hydrogens is 304 g/mol. The highest BCUT2D eigenvalue weighted by Gasteiger charge is 2.21. The molecule has 2 rings (SSSR count). The summed E-state index contributed by atoms with van der Waals surface area (Å²) in [7, 11) is 0. The fraction of sp³-hybridized carbons (Fsp3) is 0.300. The third-order valence-electron chi connectivity index (χ3n) is 3.92. The number of benzene rings is 2. The topological polar surface area (TPSA) is 63.6 Å². The summed E-state index contributed by atoms with van der Waals surface area (Å²) in [6.07, 6.45) is 1.79. The molecule has 0 saturated heterocycles. The largest absolute Gasteiger partial charge is 0.489 e. The predicted octanol–water partition coefficient (Wildman–Crippen LogP) is 3.88. The highest BCUT2D eigenvalue weighted by atomic mass is 16.5. The van der Waals surface area contributed by atoms with Crippen LogP contribution >= 0.6 is 0 Å². The molecule has 0 bridgehead atoms. The molecule has 0 aliphatic heterocycles. The zero-order valence-corrected chi connectivity index (χ0v) is 13.8. The Morgan fingerprint density at radius 3 is 2.25 bits per heavy atom. The summed E-state index contributed by atoms with van der Waals surface area (Å²) in [5, 5.41) is 8.99. The van der Waals surface area contributed by atoms with E-state index >= 15 is 0 Å². The highest BCUT2D eigenvalue weighted by Crippen LogP contribution is 2.17. The molecule has 2 aromatic carbocycles. The van der Waals surface area contributed by atoms with Crippen LogP contribution in [0, 0.1) is 5.92 Å². The Hall–Kier alpha value is -2.62. The fourth-order valence-electron chi connectivity index (χ4n) is 2.50. The van der Waals surface area contributed by atoms with Gasteiger partial charge in [-0.2, -0.15) is 0 Å². The average Bonchev–Trinajstić information content (AvgIpc) is 2.58. The van der Waals surface area contributed by atoms with Crippen LogP contribution < -0.4 is 4.74 Å². The van der Waals surface area contributed by atoms with Crippen molar-refractivity contribution in [3.63, 3.8) is 0 Å². The van der Waals surface area contributed by atoms with Crippen molar-refractivity contribution in [2.45, 2.75) is 32.8 Å². The number of ketones is 1. The Balaban J connectivity index is 1.79. The van der Waals surface area contributed by atoms with E-state index in [0.717, 1.165) is 23.3 Å². The monoisotopic (exact) mass is 326 g/mol. The normalized spacial score (nSPS) is 11.7. The molecule has 1 atom stereocenters. The van der Waals surface area contributed by atoms with Gasteiger partial charge in [0.25, 0.3) is 0 Å². The molecule has 4 nitrogen and oxygen atoms in total. The van der Waals surface area contributed by atoms with Crippen LogP contribution in [0.2, 0.25) is 0 Å². The Bertz CT molecular complexity index is 648. The van der Waals surface area contributed by atoms with Crippen molar-refractivity contribution in [1.82, 2.24) is 0 Å². The molecule has 2 aromatic rings. The second-order valence-electron chi connectivity index (χ2n) is 5.81. The van der Waals surface area contributed by atoms with Gasteiger partial charge in [-0.05, 0) is 49.4 Å². The zero-order chi connectivity index (χ0) is 17.4. The zero-order valence-electron chi connectivity index (χ0n) is 13.8. The smallest absolute Gasteiger partial charge is 0.314 e. The molecule has 24 heavy (non-hydrogen) atoms. The lowest BCUT2D eigenvalue weighted by atomic mass is 9.96. The Morgan fingerprint density at radius 2 is 1.67 bits per heavy atom. The van der Waals surface area contributed by atoms with Gasteiger partial charge in [0.2, 0.25) is 0 Å². The van der Waals surface area contributed by atoms with Gasteiger partial charge < -0.3 is 9.84 Å². The second-order valence-corrected chi connectivity index (χ2v) is 5.81. The van der Waals surface area contributed by atoms with E-state index in [1.165, 1.54) is 6.92 Å². The molecule has 1 unspecified atom stereocenters. The summed E-state index contributed by atoms with van der Waals surface area (Å²) in [4.78, 5) is 22.2. The predicted molar refractivity (Wildman–Crippen MR) is 92.0 cm³/mol. The number of ether oxygens (including phenoxy) is 1. The van der Waals surface area contributed by atoms with Crippen LogP contribution in [0.3, 0.4) is 0 Å². The Kier molecular flexibility index (Phi) is 6.55. The quantitative estimate of drug-likeness (QED) is 0.710. The minimum atomic E-state index is -1.04. The molecule has 0 amide bonds. The summed E-state index contributed by atoms with van der Waals surface area (Å²) in [6, 6.07) is 17.7. The number of aliphatic carboxylic acids is 1. The molecule has 0 aromatic heterocycles. The maximum Gasteiger partial charge on any atom is 0.314 e. The molecule has 0 aliphatic rings. The van der Waals surface area contributed by atoms with Crippen molar-refractivity contribution in [1.29, 1.82) is 0 Å². The van der Waals surface area contributed by atoms with Crippen LogP contribution in [0.15, 0.2) is 54.6 Å². The van der Waals surface area contributed by atoms with Crippen LogP contribution in [-0.4, -0.2) is 16.9 Å². The van der Waals surface area contributed by atoms with Gasteiger partial charge in [-0.1, -0.05) is 42.5 Å². The first-order valence-corrected chi connectivity index (χ1v) is 8.05. The highest BCUT2D eigenvalue weighted by molar-refractivity contribution is 5.96.